The molecule has 0 spiro atoms. The first-order valence-electron chi connectivity index (χ1n) is 24.5. The summed E-state index contributed by atoms with van der Waals surface area (Å²) in [5.41, 5.74) is 0. The Morgan fingerprint density at radius 2 is 0.712 bits per heavy atom. The number of carbonyl (C=O) groups excluding carboxylic acids is 5. The Bertz CT molecular complexity index is 1050. The molecule has 0 saturated carbocycles. The second kappa shape index (κ2) is 40.7. The third-order valence-corrected chi connectivity index (χ3v) is 11.2. The van der Waals surface area contributed by atoms with Gasteiger partial charge in [-0.3, -0.25) is 24.0 Å². The van der Waals surface area contributed by atoms with E-state index in [1.807, 2.05) is 0 Å². The van der Waals surface area contributed by atoms with Gasteiger partial charge in [-0.2, -0.15) is 0 Å². The van der Waals surface area contributed by atoms with Gasteiger partial charge < -0.3 is 24.3 Å². The highest BCUT2D eigenvalue weighted by atomic mass is 16.6. The summed E-state index contributed by atoms with van der Waals surface area (Å²) in [5, 5.41) is 2.83. The summed E-state index contributed by atoms with van der Waals surface area (Å²) in [6.45, 7) is 9.21. The molecule has 10 nitrogen and oxygen atoms in total. The molecule has 0 rings (SSSR count). The average molecular weight is 838 g/mol. The lowest BCUT2D eigenvalue weighted by Gasteiger charge is -2.33. The fraction of sp³-hybridized carbons (Fsp3) is 0.898. The van der Waals surface area contributed by atoms with Crippen LogP contribution >= 0.6 is 0 Å². The Morgan fingerprint density at radius 1 is 0.390 bits per heavy atom. The molecule has 0 unspecified atom stereocenters. The molecule has 0 aliphatic rings. The molecule has 0 aromatic heterocycles. The highest BCUT2D eigenvalue weighted by molar-refractivity contribution is 5.83. The van der Waals surface area contributed by atoms with Crippen molar-refractivity contribution >= 4 is 29.8 Å². The molecule has 0 radical (unpaired) electrons. The topological polar surface area (TPSA) is 134 Å². The number of ether oxygens (including phenoxy) is 4. The van der Waals surface area contributed by atoms with Crippen LogP contribution in [0.1, 0.15) is 253 Å². The zero-order chi connectivity index (χ0) is 43.8. The molecule has 0 aromatic rings. The van der Waals surface area contributed by atoms with Crippen LogP contribution in [-0.2, 0) is 42.9 Å². The highest BCUT2D eigenvalue weighted by Gasteiger charge is 2.38. The van der Waals surface area contributed by atoms with Gasteiger partial charge in [-0.25, -0.2) is 0 Å². The van der Waals surface area contributed by atoms with Crippen molar-refractivity contribution in [3.63, 3.8) is 0 Å². The van der Waals surface area contributed by atoms with Crippen molar-refractivity contribution in [1.29, 1.82) is 0 Å². The van der Waals surface area contributed by atoms with Crippen molar-refractivity contribution in [2.75, 3.05) is 6.61 Å². The SMILES string of the molecule is CCCCCCCCCCCCCCCCCCCCCCC[C@H](OC(C)=O)C(=O)N[C@@H](COC(C)=O)[C@H](OC(C)=O)[C@@H](CCCCCCCCCCCC)OC(C)=O. The number of hydrogen-bond donors (Lipinski definition) is 1. The van der Waals surface area contributed by atoms with Crippen LogP contribution in [0.3, 0.4) is 0 Å². The van der Waals surface area contributed by atoms with Crippen molar-refractivity contribution in [3.05, 3.63) is 0 Å². The van der Waals surface area contributed by atoms with Crippen molar-refractivity contribution in [2.45, 2.75) is 278 Å². The molecular formula is C49H91NO9. The van der Waals surface area contributed by atoms with E-state index in [-0.39, 0.29) is 6.61 Å². The number of amides is 1. The monoisotopic (exact) mass is 838 g/mol. The van der Waals surface area contributed by atoms with Crippen molar-refractivity contribution < 1.29 is 42.9 Å². The summed E-state index contributed by atoms with van der Waals surface area (Å²) >= 11 is 0. The van der Waals surface area contributed by atoms with Gasteiger partial charge in [0.25, 0.3) is 5.91 Å². The zero-order valence-electron chi connectivity index (χ0n) is 39.0. The highest BCUT2D eigenvalue weighted by Crippen LogP contribution is 2.21. The molecule has 0 aliphatic carbocycles. The van der Waals surface area contributed by atoms with E-state index >= 15 is 0 Å². The molecule has 59 heavy (non-hydrogen) atoms. The Hall–Kier alpha value is -2.65. The molecule has 0 aromatic carbocycles. The molecule has 1 N–H and O–H groups in total. The minimum Gasteiger partial charge on any atom is -0.464 e. The molecule has 0 saturated heterocycles. The minimum absolute atomic E-state index is 0.318. The van der Waals surface area contributed by atoms with Crippen LogP contribution in [-0.4, -0.2) is 60.7 Å². The lowest BCUT2D eigenvalue weighted by molar-refractivity contribution is -0.172. The van der Waals surface area contributed by atoms with Crippen LogP contribution < -0.4 is 5.32 Å². The fourth-order valence-electron chi connectivity index (χ4n) is 7.85. The number of hydrogen-bond acceptors (Lipinski definition) is 9. The smallest absolute Gasteiger partial charge is 0.303 e. The maximum Gasteiger partial charge on any atom is 0.303 e. The summed E-state index contributed by atoms with van der Waals surface area (Å²) in [6, 6.07) is -1.04. The van der Waals surface area contributed by atoms with Crippen LogP contribution in [0.15, 0.2) is 0 Å². The van der Waals surface area contributed by atoms with Crippen molar-refractivity contribution in [1.82, 2.24) is 5.32 Å². The first kappa shape index (κ1) is 56.4. The maximum atomic E-state index is 13.7. The Balaban J connectivity index is 4.85. The third kappa shape index (κ3) is 36.9. The number of carbonyl (C=O) groups is 5. The Labute approximate surface area is 361 Å². The predicted molar refractivity (Wildman–Crippen MR) is 239 cm³/mol. The summed E-state index contributed by atoms with van der Waals surface area (Å²) < 4.78 is 22.1. The summed E-state index contributed by atoms with van der Waals surface area (Å²) in [6.07, 6.45) is 35.8. The Morgan fingerprint density at radius 3 is 1.03 bits per heavy atom. The van der Waals surface area contributed by atoms with Crippen LogP contribution in [0, 0.1) is 0 Å². The predicted octanol–water partition coefficient (Wildman–Crippen LogP) is 12.7. The van der Waals surface area contributed by atoms with Crippen LogP contribution in [0.5, 0.6) is 0 Å². The van der Waals surface area contributed by atoms with Gasteiger partial charge >= 0.3 is 23.9 Å². The largest absolute Gasteiger partial charge is 0.464 e. The quantitative estimate of drug-likeness (QED) is 0.0362. The normalized spacial score (nSPS) is 13.3. The standard InChI is InChI=1S/C49H91NO9/c1-7-9-11-13-15-17-19-20-21-22-23-24-25-26-27-28-29-31-33-35-37-39-47(58-43(5)53)49(55)50-45(40-56-41(3)51)48(59-44(6)54)46(57-42(4)52)38-36-34-32-30-18-16-14-12-10-8-2/h45-48H,7-40H2,1-6H3,(H,50,55)/t45-,46+,47-,48-/m0/s1. The van der Waals surface area contributed by atoms with Gasteiger partial charge in [0.2, 0.25) is 0 Å². The lowest BCUT2D eigenvalue weighted by atomic mass is 9.98. The van der Waals surface area contributed by atoms with Crippen LogP contribution in [0.2, 0.25) is 0 Å². The summed E-state index contributed by atoms with van der Waals surface area (Å²) in [5.74, 6) is -2.93. The van der Waals surface area contributed by atoms with Crippen molar-refractivity contribution in [3.8, 4) is 0 Å². The second-order valence-corrected chi connectivity index (χ2v) is 17.1. The molecule has 346 valence electrons. The first-order valence-corrected chi connectivity index (χ1v) is 24.5. The average Bonchev–Trinajstić information content (AvgIpc) is 3.18. The number of unbranched alkanes of at least 4 members (excludes halogenated alkanes) is 29. The van der Waals surface area contributed by atoms with Crippen molar-refractivity contribution in [2.24, 2.45) is 0 Å². The Kier molecular flexibility index (Phi) is 38.9. The fourth-order valence-corrected chi connectivity index (χ4v) is 7.85. The second-order valence-electron chi connectivity index (χ2n) is 17.1. The van der Waals surface area contributed by atoms with Gasteiger partial charge in [-0.15, -0.1) is 0 Å². The molecule has 0 fully saturated rings. The van der Waals surface area contributed by atoms with Crippen LogP contribution in [0.4, 0.5) is 0 Å². The van der Waals surface area contributed by atoms with E-state index in [4.69, 9.17) is 18.9 Å². The van der Waals surface area contributed by atoms with Gasteiger partial charge in [0, 0.05) is 27.7 Å². The molecule has 10 heteroatoms. The number of esters is 4. The minimum atomic E-state index is -1.12. The molecule has 0 bridgehead atoms. The number of rotatable bonds is 42. The van der Waals surface area contributed by atoms with Gasteiger partial charge in [0.1, 0.15) is 18.8 Å². The van der Waals surface area contributed by atoms with E-state index in [1.165, 1.54) is 175 Å². The maximum absolute atomic E-state index is 13.7. The molecule has 4 atom stereocenters. The lowest BCUT2D eigenvalue weighted by Crippen LogP contribution is -2.56. The van der Waals surface area contributed by atoms with E-state index in [1.54, 1.807) is 0 Å². The van der Waals surface area contributed by atoms with E-state index in [0.29, 0.717) is 19.3 Å². The molecular weight excluding hydrogens is 747 g/mol. The van der Waals surface area contributed by atoms with Gasteiger partial charge in [-0.1, -0.05) is 200 Å². The zero-order valence-corrected chi connectivity index (χ0v) is 39.0. The van der Waals surface area contributed by atoms with E-state index in [9.17, 15) is 24.0 Å². The van der Waals surface area contributed by atoms with Gasteiger partial charge in [0.15, 0.2) is 12.2 Å². The van der Waals surface area contributed by atoms with E-state index < -0.39 is 54.1 Å². The van der Waals surface area contributed by atoms with Gasteiger partial charge in [-0.05, 0) is 25.7 Å². The third-order valence-electron chi connectivity index (χ3n) is 11.2. The van der Waals surface area contributed by atoms with Gasteiger partial charge in [0.05, 0.1) is 0 Å². The van der Waals surface area contributed by atoms with Crippen LogP contribution in [0.25, 0.3) is 0 Å². The molecule has 0 aliphatic heterocycles. The van der Waals surface area contributed by atoms with E-state index in [0.717, 1.165) is 44.9 Å². The first-order chi connectivity index (χ1) is 28.5. The molecule has 0 heterocycles. The summed E-state index contributed by atoms with van der Waals surface area (Å²) in [7, 11) is 0. The summed E-state index contributed by atoms with van der Waals surface area (Å²) in [4.78, 5) is 62.2. The van der Waals surface area contributed by atoms with E-state index in [2.05, 4.69) is 19.2 Å². The molecule has 1 amide bonds. The number of nitrogens with one attached hydrogen (secondary N) is 1.